The van der Waals surface area contributed by atoms with Gasteiger partial charge in [-0.3, -0.25) is 14.4 Å². The van der Waals surface area contributed by atoms with Crippen molar-refractivity contribution < 1.29 is 34.8 Å². The number of benzene rings is 3. The molecule has 0 aliphatic heterocycles. The molecule has 0 heterocycles. The number of amides is 1. The van der Waals surface area contributed by atoms with E-state index in [2.05, 4.69) is 0 Å². The van der Waals surface area contributed by atoms with Gasteiger partial charge in [-0.2, -0.15) is 0 Å². The van der Waals surface area contributed by atoms with Crippen molar-refractivity contribution in [3.63, 3.8) is 0 Å². The highest BCUT2D eigenvalue weighted by molar-refractivity contribution is 6.25. The number of primary amides is 1. The van der Waals surface area contributed by atoms with E-state index < -0.39 is 52.1 Å². The Morgan fingerprint density at radius 3 is 2.05 bits per heavy atom. The van der Waals surface area contributed by atoms with Crippen LogP contribution in [0.5, 0.6) is 11.5 Å². The number of aromatic hydroxyl groups is 2. The van der Waals surface area contributed by atoms with Gasteiger partial charge >= 0.3 is 0 Å². The minimum Gasteiger partial charge on any atom is -0.508 e. The lowest BCUT2D eigenvalue weighted by Gasteiger charge is -2.45. The van der Waals surface area contributed by atoms with Crippen LogP contribution in [0.4, 0.5) is 0 Å². The Bertz CT molecular complexity index is 1700. The summed E-state index contributed by atoms with van der Waals surface area (Å²) >= 11 is 0. The molecule has 0 unspecified atom stereocenters. The summed E-state index contributed by atoms with van der Waals surface area (Å²) in [7, 11) is 0. The van der Waals surface area contributed by atoms with Gasteiger partial charge < -0.3 is 31.9 Å². The fourth-order valence-corrected chi connectivity index (χ4v) is 6.63. The van der Waals surface area contributed by atoms with Gasteiger partial charge in [0.05, 0.1) is 17.0 Å². The van der Waals surface area contributed by atoms with Gasteiger partial charge in [0.15, 0.2) is 11.4 Å². The summed E-state index contributed by atoms with van der Waals surface area (Å²) in [5.74, 6) is -6.78. The van der Waals surface area contributed by atoms with Gasteiger partial charge in [-0.05, 0) is 86.1 Å². The number of carbonyl (C=O) groups is 3. The van der Waals surface area contributed by atoms with Gasteiger partial charge in [0, 0.05) is 11.3 Å². The lowest BCUT2D eigenvalue weighted by atomic mass is 9.61. The molecule has 0 bridgehead atoms. The van der Waals surface area contributed by atoms with Crippen LogP contribution in [0, 0.1) is 40.5 Å². The lowest BCUT2D eigenvalue weighted by molar-refractivity contribution is -0.127. The molecular formula is C30H30N2O7. The summed E-state index contributed by atoms with van der Waals surface area (Å²) in [5, 5.41) is 45.6. The Morgan fingerprint density at radius 2 is 1.49 bits per heavy atom. The maximum atomic E-state index is 13.9. The number of hydrogen-bond donors (Lipinski definition) is 6. The number of rotatable bonds is 2. The predicted molar refractivity (Wildman–Crippen MR) is 145 cm³/mol. The number of hydrogen-bond acceptors (Lipinski definition) is 8. The summed E-state index contributed by atoms with van der Waals surface area (Å²) in [6.07, 6.45) is -0.171. The monoisotopic (exact) mass is 530 g/mol. The van der Waals surface area contributed by atoms with Gasteiger partial charge in [-0.15, -0.1) is 0 Å². The Labute approximate surface area is 224 Å². The Hall–Kier alpha value is -4.21. The number of carbonyl (C=O) groups excluding carboxylic acids is 3. The summed E-state index contributed by atoms with van der Waals surface area (Å²) in [6.45, 7) is 9.34. The second-order valence-electron chi connectivity index (χ2n) is 10.8. The number of aryl methyl sites for hydroxylation is 5. The van der Waals surface area contributed by atoms with Crippen molar-refractivity contribution in [2.24, 2.45) is 17.4 Å². The molecule has 9 heteroatoms. The molecule has 0 spiro atoms. The lowest BCUT2D eigenvalue weighted by Crippen LogP contribution is -2.64. The Morgan fingerprint density at radius 1 is 0.897 bits per heavy atom. The molecule has 0 saturated carbocycles. The van der Waals surface area contributed by atoms with Crippen LogP contribution in [0.1, 0.15) is 43.7 Å². The van der Waals surface area contributed by atoms with E-state index in [0.717, 1.165) is 27.8 Å². The van der Waals surface area contributed by atoms with E-state index in [9.17, 15) is 34.8 Å². The minimum atomic E-state index is -2.77. The molecule has 2 aliphatic rings. The largest absolute Gasteiger partial charge is 0.508 e. The third kappa shape index (κ3) is 3.30. The highest BCUT2D eigenvalue weighted by Gasteiger charge is 2.61. The van der Waals surface area contributed by atoms with Crippen LogP contribution in [0.3, 0.4) is 0 Å². The summed E-state index contributed by atoms with van der Waals surface area (Å²) < 4.78 is 0. The zero-order chi connectivity index (χ0) is 28.9. The van der Waals surface area contributed by atoms with E-state index in [4.69, 9.17) is 11.5 Å². The molecule has 1 amide bonds. The fraction of sp³-hybridized carbons (Fsp3) is 0.300. The van der Waals surface area contributed by atoms with Crippen molar-refractivity contribution in [2.75, 3.05) is 0 Å². The number of ketones is 2. The van der Waals surface area contributed by atoms with Crippen LogP contribution >= 0.6 is 0 Å². The maximum Gasteiger partial charge on any atom is 0.255 e. The molecule has 202 valence electrons. The molecule has 3 atom stereocenters. The van der Waals surface area contributed by atoms with Crippen LogP contribution in [-0.4, -0.2) is 49.5 Å². The van der Waals surface area contributed by atoms with E-state index in [1.165, 1.54) is 0 Å². The molecule has 39 heavy (non-hydrogen) atoms. The van der Waals surface area contributed by atoms with E-state index >= 15 is 0 Å². The average Bonchev–Trinajstić information content (AvgIpc) is 2.83. The summed E-state index contributed by atoms with van der Waals surface area (Å²) in [5.41, 5.74) is 13.4. The first kappa shape index (κ1) is 26.4. The molecule has 8 N–H and O–H groups in total. The molecule has 3 aromatic carbocycles. The van der Waals surface area contributed by atoms with Crippen molar-refractivity contribution in [2.45, 2.75) is 52.7 Å². The zero-order valence-corrected chi connectivity index (χ0v) is 22.3. The first-order chi connectivity index (χ1) is 18.1. The van der Waals surface area contributed by atoms with E-state index in [1.54, 1.807) is 13.8 Å². The van der Waals surface area contributed by atoms with Crippen LogP contribution in [0.15, 0.2) is 29.5 Å². The first-order valence-electron chi connectivity index (χ1n) is 12.5. The third-order valence-electron chi connectivity index (χ3n) is 8.40. The van der Waals surface area contributed by atoms with Gasteiger partial charge in [0.2, 0.25) is 5.78 Å². The van der Waals surface area contributed by atoms with Gasteiger partial charge in [-0.1, -0.05) is 17.7 Å². The number of phenols is 2. The third-order valence-corrected chi connectivity index (χ3v) is 8.40. The highest BCUT2D eigenvalue weighted by Crippen LogP contribution is 2.52. The van der Waals surface area contributed by atoms with Crippen molar-refractivity contribution in [3.8, 4) is 22.6 Å². The standard InChI is InChI=1S/C30H30N2O7/c1-10-6-11(2)18(12(3)7-10)16-8-13(4)24(33)21-19(16)14(5)15-9-17-23(31)26(35)22(29(32)38)28(37)30(17,39)27(36)20(15)25(21)34/h6-8,17,23,33-34,37,39H,9,31H2,1-5H3,(H2,32,38)/t17-,23+,30-/m0/s1. The molecule has 0 aromatic heterocycles. The van der Waals surface area contributed by atoms with Crippen LogP contribution in [0.2, 0.25) is 0 Å². The van der Waals surface area contributed by atoms with Crippen molar-refractivity contribution in [1.82, 2.24) is 0 Å². The topological polar surface area (TPSA) is 184 Å². The molecule has 0 radical (unpaired) electrons. The smallest absolute Gasteiger partial charge is 0.255 e. The van der Waals surface area contributed by atoms with E-state index in [0.29, 0.717) is 22.1 Å². The van der Waals surface area contributed by atoms with Gasteiger partial charge in [-0.25, -0.2) is 0 Å². The van der Waals surface area contributed by atoms with Crippen molar-refractivity contribution in [3.05, 3.63) is 68.5 Å². The maximum absolute atomic E-state index is 13.9. The van der Waals surface area contributed by atoms with Gasteiger partial charge in [0.25, 0.3) is 5.91 Å². The summed E-state index contributed by atoms with van der Waals surface area (Å²) in [6, 6.07) is 4.37. The zero-order valence-electron chi connectivity index (χ0n) is 22.3. The second kappa shape index (κ2) is 8.39. The Balaban J connectivity index is 1.92. The second-order valence-corrected chi connectivity index (χ2v) is 10.8. The van der Waals surface area contributed by atoms with E-state index in [-0.39, 0.29) is 23.1 Å². The number of aliphatic hydroxyl groups is 2. The normalized spacial score (nSPS) is 22.7. The van der Waals surface area contributed by atoms with Crippen molar-refractivity contribution in [1.29, 1.82) is 0 Å². The molecule has 9 nitrogen and oxygen atoms in total. The van der Waals surface area contributed by atoms with Gasteiger partial charge in [0.1, 0.15) is 22.8 Å². The number of fused-ring (bicyclic) bond motifs is 3. The number of nitrogens with two attached hydrogens (primary N) is 2. The predicted octanol–water partition coefficient (Wildman–Crippen LogP) is 2.75. The average molecular weight is 531 g/mol. The molecule has 3 aromatic rings. The number of phenolic OH excluding ortho intramolecular Hbond substituents is 2. The Kier molecular flexibility index (Phi) is 5.68. The first-order valence-corrected chi connectivity index (χ1v) is 12.5. The highest BCUT2D eigenvalue weighted by atomic mass is 16.3. The molecule has 2 aliphatic carbocycles. The quantitative estimate of drug-likeness (QED) is 0.273. The number of Topliss-reactive ketones (excluding diaryl/α,β-unsaturated/α-hetero) is 2. The molecular weight excluding hydrogens is 500 g/mol. The minimum absolute atomic E-state index is 0.0193. The van der Waals surface area contributed by atoms with Crippen LogP contribution < -0.4 is 11.5 Å². The van der Waals surface area contributed by atoms with E-state index in [1.807, 2.05) is 39.0 Å². The van der Waals surface area contributed by atoms with Crippen LogP contribution in [-0.2, 0) is 16.0 Å². The summed E-state index contributed by atoms with van der Waals surface area (Å²) in [4.78, 5) is 38.7. The fourth-order valence-electron chi connectivity index (χ4n) is 6.63. The SMILES string of the molecule is Cc1cc(C)c(-c2cc(C)c(O)c3c(O)c4c(c(C)c23)C[C@H]2[C@@H](N)C(=O)C(C(N)=O)=C(O)[C@@]2(O)C4=O)c(C)c1. The molecule has 0 saturated heterocycles. The number of aliphatic hydroxyl groups excluding tert-OH is 1. The van der Waals surface area contributed by atoms with Crippen LogP contribution in [0.25, 0.3) is 21.9 Å². The van der Waals surface area contributed by atoms with Crippen molar-refractivity contribution >= 4 is 28.2 Å². The molecule has 5 rings (SSSR count). The molecule has 0 fully saturated rings.